The number of benzene rings is 1. The van der Waals surface area contributed by atoms with Crippen molar-refractivity contribution in [3.63, 3.8) is 0 Å². The van der Waals surface area contributed by atoms with Crippen molar-refractivity contribution in [2.75, 3.05) is 0 Å². The fourth-order valence-electron chi connectivity index (χ4n) is 4.88. The standard InChI is InChI=1S/C24H25FN2O3/c1-15-24(19-13-18(25)9-10-21(19)27(15)14-23(29)30)17-7-5-16(6-8-17)12-22(28)20-4-2-3-11-26-20/h2-4,9-11,13,16-17H,5-8,12,14H2,1H3,(H,29,30). The maximum absolute atomic E-state index is 14.0. The molecular formula is C24H25FN2O3. The van der Waals surface area contributed by atoms with E-state index in [-0.39, 0.29) is 24.1 Å². The molecule has 1 saturated carbocycles. The topological polar surface area (TPSA) is 72.2 Å². The predicted molar refractivity (Wildman–Crippen MR) is 112 cm³/mol. The lowest BCUT2D eigenvalue weighted by Gasteiger charge is -2.28. The Labute approximate surface area is 174 Å². The van der Waals surface area contributed by atoms with Crippen molar-refractivity contribution in [1.82, 2.24) is 9.55 Å². The van der Waals surface area contributed by atoms with E-state index < -0.39 is 5.97 Å². The number of carbonyl (C=O) groups excluding carboxylic acids is 1. The number of aromatic nitrogens is 2. The molecule has 0 spiro atoms. The molecule has 1 aliphatic rings. The third-order valence-corrected chi connectivity index (χ3v) is 6.31. The van der Waals surface area contributed by atoms with E-state index in [1.807, 2.05) is 13.0 Å². The number of Topliss-reactive ketones (excluding diaryl/α,β-unsaturated/α-hetero) is 1. The van der Waals surface area contributed by atoms with Gasteiger partial charge in [0.05, 0.1) is 0 Å². The van der Waals surface area contributed by atoms with Crippen molar-refractivity contribution in [2.24, 2.45) is 5.92 Å². The summed E-state index contributed by atoms with van der Waals surface area (Å²) in [7, 11) is 0. The third kappa shape index (κ3) is 3.99. The van der Waals surface area contributed by atoms with Crippen LogP contribution in [0.1, 0.15) is 59.8 Å². The summed E-state index contributed by atoms with van der Waals surface area (Å²) in [4.78, 5) is 28.0. The number of pyridine rings is 1. The first-order valence-corrected chi connectivity index (χ1v) is 10.4. The number of ketones is 1. The number of hydrogen-bond donors (Lipinski definition) is 1. The van der Waals surface area contributed by atoms with Crippen molar-refractivity contribution in [3.05, 3.63) is 65.4 Å². The molecule has 0 atom stereocenters. The maximum Gasteiger partial charge on any atom is 0.323 e. The van der Waals surface area contributed by atoms with Crippen LogP contribution in [0, 0.1) is 18.7 Å². The van der Waals surface area contributed by atoms with Gasteiger partial charge in [0.25, 0.3) is 0 Å². The Morgan fingerprint density at radius 1 is 1.17 bits per heavy atom. The van der Waals surface area contributed by atoms with Crippen LogP contribution >= 0.6 is 0 Å². The normalized spacial score (nSPS) is 19.1. The summed E-state index contributed by atoms with van der Waals surface area (Å²) in [5.74, 6) is -0.588. The number of fused-ring (bicyclic) bond motifs is 1. The molecule has 4 rings (SSSR count). The molecule has 0 amide bonds. The zero-order valence-corrected chi connectivity index (χ0v) is 17.0. The molecule has 6 heteroatoms. The van der Waals surface area contributed by atoms with Crippen molar-refractivity contribution in [1.29, 1.82) is 0 Å². The molecule has 0 saturated heterocycles. The first kappa shape index (κ1) is 20.3. The number of nitrogens with zero attached hydrogens (tertiary/aromatic N) is 2. The molecule has 0 radical (unpaired) electrons. The summed E-state index contributed by atoms with van der Waals surface area (Å²) in [6, 6.07) is 9.95. The summed E-state index contributed by atoms with van der Waals surface area (Å²) in [6.07, 6.45) is 5.79. The fraction of sp³-hybridized carbons (Fsp3) is 0.375. The molecule has 1 N–H and O–H groups in total. The van der Waals surface area contributed by atoms with Crippen LogP contribution in [0.15, 0.2) is 42.6 Å². The maximum atomic E-state index is 14.0. The van der Waals surface area contributed by atoms with Gasteiger partial charge < -0.3 is 9.67 Å². The molecule has 3 aromatic rings. The van der Waals surface area contributed by atoms with Gasteiger partial charge >= 0.3 is 5.97 Å². The molecule has 1 aromatic carbocycles. The van der Waals surface area contributed by atoms with Crippen LogP contribution in [0.4, 0.5) is 4.39 Å². The summed E-state index contributed by atoms with van der Waals surface area (Å²) < 4.78 is 15.8. The van der Waals surface area contributed by atoms with Crippen molar-refractivity contribution in [2.45, 2.75) is 51.5 Å². The van der Waals surface area contributed by atoms with Crippen molar-refractivity contribution in [3.8, 4) is 0 Å². The number of aliphatic carboxylic acids is 1. The van der Waals surface area contributed by atoms with E-state index in [2.05, 4.69) is 4.98 Å². The van der Waals surface area contributed by atoms with Gasteiger partial charge in [-0.05, 0) is 80.3 Å². The Hall–Kier alpha value is -3.02. The average Bonchev–Trinajstić information content (AvgIpc) is 2.99. The van der Waals surface area contributed by atoms with E-state index in [0.717, 1.165) is 47.8 Å². The third-order valence-electron chi connectivity index (χ3n) is 6.31. The van der Waals surface area contributed by atoms with Crippen LogP contribution in [0.5, 0.6) is 0 Å². The molecule has 2 aromatic heterocycles. The first-order chi connectivity index (χ1) is 14.4. The second kappa shape index (κ2) is 8.38. The van der Waals surface area contributed by atoms with Gasteiger partial charge in [0.1, 0.15) is 18.1 Å². The Kier molecular flexibility index (Phi) is 5.66. The minimum absolute atomic E-state index is 0.0790. The second-order valence-corrected chi connectivity index (χ2v) is 8.20. The summed E-state index contributed by atoms with van der Waals surface area (Å²) in [5.41, 5.74) is 3.23. The van der Waals surface area contributed by atoms with Crippen LogP contribution in [0.25, 0.3) is 10.9 Å². The van der Waals surface area contributed by atoms with Gasteiger partial charge in [-0.1, -0.05) is 6.07 Å². The van der Waals surface area contributed by atoms with Gasteiger partial charge in [-0.3, -0.25) is 14.6 Å². The monoisotopic (exact) mass is 408 g/mol. The molecule has 0 bridgehead atoms. The van der Waals surface area contributed by atoms with Crippen LogP contribution in [0.2, 0.25) is 0 Å². The van der Waals surface area contributed by atoms with Gasteiger partial charge in [0.2, 0.25) is 0 Å². The van der Waals surface area contributed by atoms with E-state index in [1.165, 1.54) is 12.1 Å². The largest absolute Gasteiger partial charge is 0.480 e. The van der Waals surface area contributed by atoms with Crippen molar-refractivity contribution < 1.29 is 19.1 Å². The Morgan fingerprint density at radius 2 is 1.93 bits per heavy atom. The van der Waals surface area contributed by atoms with Gasteiger partial charge in [-0.25, -0.2) is 4.39 Å². The number of rotatable bonds is 6. The zero-order chi connectivity index (χ0) is 21.3. The van der Waals surface area contributed by atoms with E-state index in [1.54, 1.807) is 29.0 Å². The molecule has 30 heavy (non-hydrogen) atoms. The molecule has 5 nitrogen and oxygen atoms in total. The highest BCUT2D eigenvalue weighted by Crippen LogP contribution is 2.42. The number of hydrogen-bond acceptors (Lipinski definition) is 3. The SMILES string of the molecule is Cc1c(C2CCC(CC(=O)c3ccccn3)CC2)c2cc(F)ccc2n1CC(=O)O. The lowest BCUT2D eigenvalue weighted by molar-refractivity contribution is -0.137. The number of carbonyl (C=O) groups is 2. The van der Waals surface area contributed by atoms with Crippen molar-refractivity contribution >= 4 is 22.7 Å². The number of carboxylic acids is 1. The Bertz CT molecular complexity index is 1080. The lowest BCUT2D eigenvalue weighted by Crippen LogP contribution is -2.18. The van der Waals surface area contributed by atoms with E-state index >= 15 is 0 Å². The van der Waals surface area contributed by atoms with Gasteiger partial charge in [-0.15, -0.1) is 0 Å². The molecule has 156 valence electrons. The summed E-state index contributed by atoms with van der Waals surface area (Å²) >= 11 is 0. The predicted octanol–water partition coefficient (Wildman–Crippen LogP) is 5.12. The minimum atomic E-state index is -0.914. The smallest absolute Gasteiger partial charge is 0.323 e. The highest BCUT2D eigenvalue weighted by Gasteiger charge is 2.29. The number of carboxylic acid groups (broad SMARTS) is 1. The molecule has 1 fully saturated rings. The van der Waals surface area contributed by atoms with E-state index in [0.29, 0.717) is 18.0 Å². The fourth-order valence-corrected chi connectivity index (χ4v) is 4.88. The minimum Gasteiger partial charge on any atom is -0.480 e. The quantitative estimate of drug-likeness (QED) is 0.575. The van der Waals surface area contributed by atoms with Gasteiger partial charge in [0.15, 0.2) is 5.78 Å². The van der Waals surface area contributed by atoms with Crippen LogP contribution in [0.3, 0.4) is 0 Å². The van der Waals surface area contributed by atoms with Crippen LogP contribution in [-0.4, -0.2) is 26.4 Å². The molecule has 2 heterocycles. The lowest BCUT2D eigenvalue weighted by atomic mass is 9.76. The van der Waals surface area contributed by atoms with Gasteiger partial charge in [-0.2, -0.15) is 0 Å². The van der Waals surface area contributed by atoms with Crippen LogP contribution in [-0.2, 0) is 11.3 Å². The molecular weight excluding hydrogens is 383 g/mol. The highest BCUT2D eigenvalue weighted by molar-refractivity contribution is 5.94. The molecule has 0 unspecified atom stereocenters. The van der Waals surface area contributed by atoms with Crippen LogP contribution < -0.4 is 0 Å². The zero-order valence-electron chi connectivity index (χ0n) is 17.0. The average molecular weight is 408 g/mol. The Balaban J connectivity index is 1.53. The molecule has 1 aliphatic carbocycles. The molecule has 0 aliphatic heterocycles. The van der Waals surface area contributed by atoms with E-state index in [4.69, 9.17) is 0 Å². The first-order valence-electron chi connectivity index (χ1n) is 10.4. The summed E-state index contributed by atoms with van der Waals surface area (Å²) in [6.45, 7) is 1.79. The Morgan fingerprint density at radius 3 is 2.60 bits per heavy atom. The van der Waals surface area contributed by atoms with Gasteiger partial charge in [0, 0.05) is 29.2 Å². The number of halogens is 1. The summed E-state index contributed by atoms with van der Waals surface area (Å²) in [5, 5.41) is 10.1. The highest BCUT2D eigenvalue weighted by atomic mass is 19.1. The second-order valence-electron chi connectivity index (χ2n) is 8.20. The van der Waals surface area contributed by atoms with E-state index in [9.17, 15) is 19.1 Å².